The molecule has 2 heterocycles. The number of nitrogens with one attached hydrogen (secondary N) is 2. The predicted octanol–water partition coefficient (Wildman–Crippen LogP) is 1.65. The topological polar surface area (TPSA) is 83.6 Å². The second-order valence-corrected chi connectivity index (χ2v) is 4.27. The summed E-state index contributed by atoms with van der Waals surface area (Å²) in [6.07, 6.45) is 1.43. The Morgan fingerprint density at radius 3 is 2.83 bits per heavy atom. The van der Waals surface area contributed by atoms with Gasteiger partial charge in [0, 0.05) is 6.20 Å². The zero-order chi connectivity index (χ0) is 13.1. The van der Waals surface area contributed by atoms with Crippen molar-refractivity contribution in [1.29, 1.82) is 0 Å². The number of amides is 1. The number of aromatic nitrogens is 4. The van der Waals surface area contributed by atoms with Crippen molar-refractivity contribution in [2.45, 2.75) is 19.9 Å². The monoisotopic (exact) mass is 265 g/mol. The van der Waals surface area contributed by atoms with Crippen molar-refractivity contribution >= 4 is 17.5 Å². The van der Waals surface area contributed by atoms with Crippen LogP contribution in [0.2, 0.25) is 5.02 Å². The Balaban J connectivity index is 2.05. The maximum atomic E-state index is 11.9. The van der Waals surface area contributed by atoms with Gasteiger partial charge >= 0.3 is 0 Å². The minimum absolute atomic E-state index is 0.290. The molecular formula is C11H12ClN5O. The van der Waals surface area contributed by atoms with Gasteiger partial charge in [-0.15, -0.1) is 0 Å². The standard InChI is InChI=1S/C11H12ClN5O/c1-6(10-15-7(2)16-17-10)14-11(18)9-4-3-8(12)5-13-9/h3-6H,1-2H3,(H,14,18)(H,15,16,17). The molecule has 94 valence electrons. The van der Waals surface area contributed by atoms with Gasteiger partial charge in [0.05, 0.1) is 11.1 Å². The lowest BCUT2D eigenvalue weighted by molar-refractivity contribution is 0.0933. The van der Waals surface area contributed by atoms with Crippen LogP contribution >= 0.6 is 11.6 Å². The van der Waals surface area contributed by atoms with E-state index in [-0.39, 0.29) is 11.9 Å². The second kappa shape index (κ2) is 5.14. The largest absolute Gasteiger partial charge is 0.341 e. The molecule has 2 rings (SSSR count). The van der Waals surface area contributed by atoms with E-state index < -0.39 is 0 Å². The number of carbonyl (C=O) groups excluding carboxylic acids is 1. The Kier molecular flexibility index (Phi) is 3.57. The number of pyridine rings is 1. The molecule has 1 atom stereocenters. The quantitative estimate of drug-likeness (QED) is 0.884. The van der Waals surface area contributed by atoms with Crippen LogP contribution < -0.4 is 5.32 Å². The molecule has 6 nitrogen and oxygen atoms in total. The molecule has 2 aromatic heterocycles. The molecule has 1 amide bonds. The number of hydrogen-bond donors (Lipinski definition) is 2. The summed E-state index contributed by atoms with van der Waals surface area (Å²) in [4.78, 5) is 20.0. The SMILES string of the molecule is Cc1nc(C(C)NC(=O)c2ccc(Cl)cn2)n[nH]1. The lowest BCUT2D eigenvalue weighted by Crippen LogP contribution is -2.28. The van der Waals surface area contributed by atoms with E-state index in [9.17, 15) is 4.79 Å². The van der Waals surface area contributed by atoms with Gasteiger partial charge in [-0.2, -0.15) is 5.10 Å². The molecule has 0 aliphatic carbocycles. The van der Waals surface area contributed by atoms with Gasteiger partial charge in [-0.3, -0.25) is 9.89 Å². The fourth-order valence-corrected chi connectivity index (χ4v) is 1.51. The van der Waals surface area contributed by atoms with Gasteiger partial charge in [0.25, 0.3) is 5.91 Å². The third-order valence-electron chi connectivity index (χ3n) is 2.31. The van der Waals surface area contributed by atoms with E-state index in [0.717, 1.165) is 0 Å². The first-order valence-corrected chi connectivity index (χ1v) is 5.75. The third-order valence-corrected chi connectivity index (χ3v) is 2.53. The van der Waals surface area contributed by atoms with Gasteiger partial charge in [-0.25, -0.2) is 9.97 Å². The third kappa shape index (κ3) is 2.84. The predicted molar refractivity (Wildman–Crippen MR) is 66.2 cm³/mol. The Hall–Kier alpha value is -1.95. The van der Waals surface area contributed by atoms with E-state index in [1.165, 1.54) is 6.20 Å². The zero-order valence-electron chi connectivity index (χ0n) is 9.94. The molecule has 0 bridgehead atoms. The van der Waals surface area contributed by atoms with Crippen LogP contribution in [0, 0.1) is 6.92 Å². The van der Waals surface area contributed by atoms with Crippen molar-refractivity contribution in [2.75, 3.05) is 0 Å². The Morgan fingerprint density at radius 1 is 1.50 bits per heavy atom. The summed E-state index contributed by atoms with van der Waals surface area (Å²) in [5.74, 6) is 0.951. The molecule has 0 saturated heterocycles. The van der Waals surface area contributed by atoms with E-state index in [0.29, 0.717) is 22.4 Å². The van der Waals surface area contributed by atoms with Gasteiger partial charge in [-0.05, 0) is 26.0 Å². The van der Waals surface area contributed by atoms with Gasteiger partial charge < -0.3 is 5.32 Å². The Labute approximate surface area is 109 Å². The molecule has 2 aromatic rings. The average Bonchev–Trinajstić information content (AvgIpc) is 2.76. The molecular weight excluding hydrogens is 254 g/mol. The number of carbonyl (C=O) groups is 1. The van der Waals surface area contributed by atoms with Crippen LogP contribution in [0.5, 0.6) is 0 Å². The highest BCUT2D eigenvalue weighted by atomic mass is 35.5. The summed E-state index contributed by atoms with van der Waals surface area (Å²) in [7, 11) is 0. The molecule has 0 aliphatic heterocycles. The van der Waals surface area contributed by atoms with Crippen LogP contribution in [0.15, 0.2) is 18.3 Å². The second-order valence-electron chi connectivity index (χ2n) is 3.84. The van der Waals surface area contributed by atoms with Crippen molar-refractivity contribution in [3.63, 3.8) is 0 Å². The number of rotatable bonds is 3. The molecule has 0 aromatic carbocycles. The number of aromatic amines is 1. The molecule has 0 fully saturated rings. The maximum Gasteiger partial charge on any atom is 0.270 e. The van der Waals surface area contributed by atoms with Crippen molar-refractivity contribution in [2.24, 2.45) is 0 Å². The maximum absolute atomic E-state index is 11.9. The van der Waals surface area contributed by atoms with Gasteiger partial charge in [0.15, 0.2) is 5.82 Å². The molecule has 0 saturated carbocycles. The van der Waals surface area contributed by atoms with E-state index in [2.05, 4.69) is 25.5 Å². The average molecular weight is 266 g/mol. The molecule has 0 radical (unpaired) electrons. The first kappa shape index (κ1) is 12.5. The normalized spacial score (nSPS) is 12.2. The number of aryl methyl sites for hydroxylation is 1. The summed E-state index contributed by atoms with van der Waals surface area (Å²) in [6.45, 7) is 3.60. The zero-order valence-corrected chi connectivity index (χ0v) is 10.7. The van der Waals surface area contributed by atoms with Crippen LogP contribution in [-0.4, -0.2) is 26.1 Å². The number of H-pyrrole nitrogens is 1. The minimum atomic E-state index is -0.292. The molecule has 0 aliphatic rings. The van der Waals surface area contributed by atoms with Crippen LogP contribution in [0.25, 0.3) is 0 Å². The van der Waals surface area contributed by atoms with Crippen LogP contribution in [0.3, 0.4) is 0 Å². The lowest BCUT2D eigenvalue weighted by Gasteiger charge is -2.09. The first-order valence-electron chi connectivity index (χ1n) is 5.37. The van der Waals surface area contributed by atoms with Crippen molar-refractivity contribution in [3.8, 4) is 0 Å². The molecule has 7 heteroatoms. The molecule has 18 heavy (non-hydrogen) atoms. The van der Waals surface area contributed by atoms with E-state index in [4.69, 9.17) is 11.6 Å². The van der Waals surface area contributed by atoms with E-state index in [1.807, 2.05) is 0 Å². The van der Waals surface area contributed by atoms with E-state index in [1.54, 1.807) is 26.0 Å². The number of hydrogen-bond acceptors (Lipinski definition) is 4. The fourth-order valence-electron chi connectivity index (χ4n) is 1.40. The van der Waals surface area contributed by atoms with Crippen LogP contribution in [0.1, 0.15) is 35.1 Å². The van der Waals surface area contributed by atoms with Crippen LogP contribution in [0.4, 0.5) is 0 Å². The fraction of sp³-hybridized carbons (Fsp3) is 0.273. The highest BCUT2D eigenvalue weighted by Gasteiger charge is 2.15. The number of nitrogens with zero attached hydrogens (tertiary/aromatic N) is 3. The van der Waals surface area contributed by atoms with Crippen molar-refractivity contribution < 1.29 is 4.79 Å². The molecule has 2 N–H and O–H groups in total. The van der Waals surface area contributed by atoms with E-state index >= 15 is 0 Å². The smallest absolute Gasteiger partial charge is 0.270 e. The molecule has 1 unspecified atom stereocenters. The summed E-state index contributed by atoms with van der Waals surface area (Å²) < 4.78 is 0. The van der Waals surface area contributed by atoms with Crippen molar-refractivity contribution in [3.05, 3.63) is 40.7 Å². The summed E-state index contributed by atoms with van der Waals surface area (Å²) >= 11 is 5.70. The van der Waals surface area contributed by atoms with Crippen LogP contribution in [-0.2, 0) is 0 Å². The number of halogens is 1. The van der Waals surface area contributed by atoms with Gasteiger partial charge in [0.1, 0.15) is 11.5 Å². The Bertz CT molecular complexity index is 551. The van der Waals surface area contributed by atoms with Gasteiger partial charge in [0.2, 0.25) is 0 Å². The summed E-state index contributed by atoms with van der Waals surface area (Å²) in [6, 6.07) is 2.89. The molecule has 0 spiro atoms. The minimum Gasteiger partial charge on any atom is -0.341 e. The van der Waals surface area contributed by atoms with Crippen molar-refractivity contribution in [1.82, 2.24) is 25.5 Å². The lowest BCUT2D eigenvalue weighted by atomic mass is 10.3. The Morgan fingerprint density at radius 2 is 2.28 bits per heavy atom. The highest BCUT2D eigenvalue weighted by molar-refractivity contribution is 6.30. The summed E-state index contributed by atoms with van der Waals surface area (Å²) in [5.41, 5.74) is 0.304. The summed E-state index contributed by atoms with van der Waals surface area (Å²) in [5, 5.41) is 9.95. The first-order chi connectivity index (χ1) is 8.56. The van der Waals surface area contributed by atoms with Gasteiger partial charge in [-0.1, -0.05) is 11.6 Å². The highest BCUT2D eigenvalue weighted by Crippen LogP contribution is 2.09.